The van der Waals surface area contributed by atoms with Crippen LogP contribution < -0.4 is 5.73 Å². The Hall–Kier alpha value is -2.39. The first-order valence-electron chi connectivity index (χ1n) is 10.2. The molecule has 8 heteroatoms. The van der Waals surface area contributed by atoms with E-state index in [1.165, 1.54) is 7.11 Å². The molecule has 1 aromatic carbocycles. The van der Waals surface area contributed by atoms with Crippen LogP contribution in [0.1, 0.15) is 12.0 Å². The van der Waals surface area contributed by atoms with Gasteiger partial charge >= 0.3 is 6.09 Å². The summed E-state index contributed by atoms with van der Waals surface area (Å²) in [5.41, 5.74) is 7.28. The van der Waals surface area contributed by atoms with Gasteiger partial charge in [0.05, 0.1) is 11.6 Å². The summed E-state index contributed by atoms with van der Waals surface area (Å²) in [4.78, 5) is 24.0. The summed E-state index contributed by atoms with van der Waals surface area (Å²) in [6, 6.07) is 7.59. The van der Waals surface area contributed by atoms with E-state index < -0.39 is 6.09 Å². The lowest BCUT2D eigenvalue weighted by Gasteiger charge is -2.07. The fourth-order valence-electron chi connectivity index (χ4n) is 2.45. The molecule has 1 unspecified atom stereocenters. The molecule has 1 aromatic heterocycles. The topological polar surface area (TPSA) is 86.8 Å². The molecule has 0 aliphatic heterocycles. The van der Waals surface area contributed by atoms with E-state index in [1.807, 2.05) is 50.8 Å². The average Bonchev–Trinajstić information content (AvgIpc) is 3.19. The van der Waals surface area contributed by atoms with Crippen molar-refractivity contribution in [1.82, 2.24) is 9.47 Å². The van der Waals surface area contributed by atoms with Crippen molar-refractivity contribution in [3.05, 3.63) is 61.3 Å². The Balaban J connectivity index is 0.000000666. The molecule has 0 bridgehead atoms. The van der Waals surface area contributed by atoms with Gasteiger partial charge in [0.2, 0.25) is 0 Å². The van der Waals surface area contributed by atoms with Gasteiger partial charge in [-0.2, -0.15) is 11.8 Å². The Morgan fingerprint density at radius 1 is 1.28 bits per heavy atom. The highest BCUT2D eigenvalue weighted by Crippen LogP contribution is 2.22. The van der Waals surface area contributed by atoms with Crippen LogP contribution in [-0.4, -0.2) is 74.4 Å². The number of methoxy groups -OCH3 is 1. The summed E-state index contributed by atoms with van der Waals surface area (Å²) in [6.07, 6.45) is 9.18. The number of thioether (sulfide) groups is 1. The highest BCUT2D eigenvalue weighted by Gasteiger charge is 2.14. The van der Waals surface area contributed by atoms with Crippen LogP contribution >= 0.6 is 11.8 Å². The first kappa shape index (κ1) is 29.6. The normalized spacial score (nSPS) is 10.9. The number of allylic oxidation sites excluding steroid dienone is 2. The van der Waals surface area contributed by atoms with E-state index in [1.54, 1.807) is 28.5 Å². The number of carbonyl (C=O) groups excluding carboxylic acids is 2. The van der Waals surface area contributed by atoms with Crippen LogP contribution in [0.3, 0.4) is 0 Å². The van der Waals surface area contributed by atoms with Gasteiger partial charge in [0, 0.05) is 25.2 Å². The number of rotatable bonds is 10. The zero-order valence-electron chi connectivity index (χ0n) is 19.7. The van der Waals surface area contributed by atoms with Gasteiger partial charge in [-0.15, -0.1) is 0 Å². The number of carbonyl (C=O) groups is 2. The summed E-state index contributed by atoms with van der Waals surface area (Å²) >= 11 is 1.71. The predicted octanol–water partition coefficient (Wildman–Crippen LogP) is 3.96. The molecule has 0 saturated carbocycles. The minimum Gasteiger partial charge on any atom is -0.422 e. The highest BCUT2D eigenvalue weighted by atomic mass is 32.2. The lowest BCUT2D eigenvalue weighted by molar-refractivity contribution is -0.108. The molecule has 0 aliphatic rings. The molecule has 1 heterocycles. The van der Waals surface area contributed by atoms with Gasteiger partial charge in [0.1, 0.15) is 6.29 Å². The molecule has 0 spiro atoms. The van der Waals surface area contributed by atoms with E-state index in [2.05, 4.69) is 18.1 Å². The van der Waals surface area contributed by atoms with Gasteiger partial charge in [-0.05, 0) is 50.6 Å². The Kier molecular flexibility index (Phi) is 16.8. The molecule has 0 aliphatic carbocycles. The average molecular weight is 464 g/mol. The van der Waals surface area contributed by atoms with E-state index in [0.29, 0.717) is 0 Å². The third-order valence-corrected chi connectivity index (χ3v) is 4.76. The molecule has 32 heavy (non-hydrogen) atoms. The number of ether oxygens (including phenoxy) is 2. The molecular weight excluding hydrogens is 426 g/mol. The first-order valence-corrected chi connectivity index (χ1v) is 11.6. The number of nitrogens with two attached hydrogens (primary N) is 1. The monoisotopic (exact) mass is 463 g/mol. The first-order chi connectivity index (χ1) is 15.4. The van der Waals surface area contributed by atoms with Crippen LogP contribution in [0.15, 0.2) is 55.8 Å². The Morgan fingerprint density at radius 2 is 1.94 bits per heavy atom. The minimum absolute atomic E-state index is 0.0433. The maximum absolute atomic E-state index is 12.0. The molecule has 178 valence electrons. The molecule has 0 saturated heterocycles. The van der Waals surface area contributed by atoms with Crippen molar-refractivity contribution in [1.29, 1.82) is 0 Å². The minimum atomic E-state index is -0.417. The lowest BCUT2D eigenvalue weighted by Crippen LogP contribution is -2.21. The Labute approximate surface area is 196 Å². The van der Waals surface area contributed by atoms with E-state index in [9.17, 15) is 9.59 Å². The summed E-state index contributed by atoms with van der Waals surface area (Å²) in [7, 11) is 5.56. The van der Waals surface area contributed by atoms with Crippen molar-refractivity contribution in [3.63, 3.8) is 0 Å². The molecule has 0 amide bonds. The second-order valence-corrected chi connectivity index (χ2v) is 7.95. The molecule has 2 aromatic rings. The Morgan fingerprint density at radius 3 is 2.47 bits per heavy atom. The number of benzene rings is 1. The van der Waals surface area contributed by atoms with Crippen LogP contribution in [0.5, 0.6) is 0 Å². The van der Waals surface area contributed by atoms with Crippen LogP contribution in [0, 0.1) is 0 Å². The van der Waals surface area contributed by atoms with Crippen molar-refractivity contribution in [3.8, 4) is 0 Å². The van der Waals surface area contributed by atoms with Gasteiger partial charge in [0.25, 0.3) is 0 Å². The number of para-hydroxylation sites is 1. The standard InChI is InChI=1S/C15H20N2O3.C5H11NOS.C4H6/c1-16(2)9-8-12-10-17(15(18)20-11-19-3)14-7-5-4-6-13(12)14;1-8-3-2-5(6)4-7;1-3-4-2/h4-7,10H,8-9,11H2,1-3H3;4-5H,2-3,6H2,1H3;3-4H,1-2H2. The van der Waals surface area contributed by atoms with Gasteiger partial charge in [-0.25, -0.2) is 4.79 Å². The molecule has 2 N–H and O–H groups in total. The smallest absolute Gasteiger partial charge is 0.420 e. The third kappa shape index (κ3) is 11.9. The molecule has 1 atom stereocenters. The molecule has 0 radical (unpaired) electrons. The van der Waals surface area contributed by atoms with Gasteiger partial charge in [-0.3, -0.25) is 4.57 Å². The highest BCUT2D eigenvalue weighted by molar-refractivity contribution is 7.98. The van der Waals surface area contributed by atoms with E-state index in [-0.39, 0.29) is 12.8 Å². The zero-order valence-corrected chi connectivity index (χ0v) is 20.5. The number of nitrogens with zero attached hydrogens (tertiary/aromatic N) is 2. The fourth-order valence-corrected chi connectivity index (χ4v) is 2.95. The predicted molar refractivity (Wildman–Crippen MR) is 135 cm³/mol. The molecular formula is C24H37N3O4S. The second kappa shape index (κ2) is 18.2. The third-order valence-electron chi connectivity index (χ3n) is 4.12. The second-order valence-electron chi connectivity index (χ2n) is 6.96. The SMILES string of the molecule is C=CC=C.COCOC(=O)n1cc(CCN(C)C)c2ccccc21.CSCCC(N)C=O. The number of likely N-dealkylation sites (N-methyl/N-ethyl adjacent to an activating group) is 1. The van der Waals surface area contributed by atoms with Gasteiger partial charge < -0.3 is 24.9 Å². The fraction of sp³-hybridized carbons (Fsp3) is 0.417. The van der Waals surface area contributed by atoms with Crippen LogP contribution in [0.4, 0.5) is 4.79 Å². The summed E-state index contributed by atoms with van der Waals surface area (Å²) in [5, 5.41) is 1.09. The number of hydrogen-bond acceptors (Lipinski definition) is 7. The summed E-state index contributed by atoms with van der Waals surface area (Å²) in [6.45, 7) is 7.61. The Bertz CT molecular complexity index is 815. The summed E-state index contributed by atoms with van der Waals surface area (Å²) in [5.74, 6) is 0.972. The molecule has 7 nitrogen and oxygen atoms in total. The quantitative estimate of drug-likeness (QED) is 0.324. The van der Waals surface area contributed by atoms with Crippen molar-refractivity contribution < 1.29 is 19.1 Å². The number of aromatic nitrogens is 1. The van der Waals surface area contributed by atoms with Gasteiger partial charge in [-0.1, -0.05) is 43.5 Å². The van der Waals surface area contributed by atoms with E-state index >= 15 is 0 Å². The van der Waals surface area contributed by atoms with Crippen molar-refractivity contribution in [2.24, 2.45) is 5.73 Å². The lowest BCUT2D eigenvalue weighted by atomic mass is 10.1. The van der Waals surface area contributed by atoms with E-state index in [4.69, 9.17) is 15.2 Å². The largest absolute Gasteiger partial charge is 0.422 e. The van der Waals surface area contributed by atoms with Crippen LogP contribution in [0.25, 0.3) is 10.9 Å². The maximum Gasteiger partial charge on any atom is 0.420 e. The van der Waals surface area contributed by atoms with Crippen molar-refractivity contribution in [2.75, 3.05) is 46.6 Å². The van der Waals surface area contributed by atoms with Crippen LogP contribution in [0.2, 0.25) is 0 Å². The van der Waals surface area contributed by atoms with Crippen LogP contribution in [-0.2, 0) is 20.7 Å². The zero-order chi connectivity index (χ0) is 24.4. The summed E-state index contributed by atoms with van der Waals surface area (Å²) < 4.78 is 11.3. The van der Waals surface area contributed by atoms with Crippen molar-refractivity contribution in [2.45, 2.75) is 18.9 Å². The number of fused-ring (bicyclic) bond motifs is 1. The van der Waals surface area contributed by atoms with E-state index in [0.717, 1.165) is 47.9 Å². The molecule has 0 fully saturated rings. The van der Waals surface area contributed by atoms with Gasteiger partial charge in [0.15, 0.2) is 6.79 Å². The number of hydrogen-bond donors (Lipinski definition) is 1. The maximum atomic E-state index is 12.0. The molecule has 2 rings (SSSR count). The number of aldehydes is 1. The van der Waals surface area contributed by atoms with Crippen molar-refractivity contribution >= 4 is 35.0 Å².